The molecule has 2 rings (SSSR count). The molecule has 0 N–H and O–H groups in total. The van der Waals surface area contributed by atoms with E-state index in [0.717, 1.165) is 25.7 Å². The van der Waals surface area contributed by atoms with E-state index in [2.05, 4.69) is 0 Å². The van der Waals surface area contributed by atoms with Crippen molar-refractivity contribution in [2.75, 3.05) is 6.61 Å². The van der Waals surface area contributed by atoms with Gasteiger partial charge in [-0.25, -0.2) is 0 Å². The Hall–Kier alpha value is 0.710. The Morgan fingerprint density at radius 2 is 1.89 bits per heavy atom. The minimum atomic E-state index is -1.87. The van der Waals surface area contributed by atoms with Crippen LogP contribution >= 0.6 is 34.8 Å². The van der Waals surface area contributed by atoms with E-state index >= 15 is 0 Å². The van der Waals surface area contributed by atoms with Gasteiger partial charge in [-0.3, -0.25) is 4.74 Å². The third kappa shape index (κ3) is 3.06. The molecule has 1 heterocycles. The first-order valence-electron chi connectivity index (χ1n) is 6.21. The van der Waals surface area contributed by atoms with E-state index in [-0.39, 0.29) is 12.5 Å². The van der Waals surface area contributed by atoms with Gasteiger partial charge in [-0.2, -0.15) is 9.78 Å². The van der Waals surface area contributed by atoms with Crippen molar-refractivity contribution in [3.8, 4) is 0 Å². The zero-order valence-corrected chi connectivity index (χ0v) is 12.4. The molecule has 0 amide bonds. The number of alkyl halides is 3. The summed E-state index contributed by atoms with van der Waals surface area (Å²) < 4.78 is 9.07. The molecule has 1 aliphatic carbocycles. The molecule has 7 heteroatoms. The smallest absolute Gasteiger partial charge is 0.322 e. The Bertz CT molecular complexity index is 278. The van der Waals surface area contributed by atoms with E-state index in [4.69, 9.17) is 54.1 Å². The van der Waals surface area contributed by atoms with Crippen molar-refractivity contribution < 1.29 is 19.2 Å². The summed E-state index contributed by atoms with van der Waals surface area (Å²) in [7, 11) is 0. The predicted molar refractivity (Wildman–Crippen MR) is 68.3 cm³/mol. The Morgan fingerprint density at radius 3 is 2.44 bits per heavy atom. The van der Waals surface area contributed by atoms with Crippen molar-refractivity contribution in [1.29, 1.82) is 0 Å². The first-order valence-corrected chi connectivity index (χ1v) is 7.35. The van der Waals surface area contributed by atoms with E-state index in [1.807, 2.05) is 0 Å². The van der Waals surface area contributed by atoms with Crippen LogP contribution in [0.3, 0.4) is 0 Å². The Morgan fingerprint density at radius 1 is 1.22 bits per heavy atom. The summed E-state index contributed by atoms with van der Waals surface area (Å²) in [5, 5.41) is 0. The first-order chi connectivity index (χ1) is 8.48. The standard InChI is InChI=1S/C11H17Cl3O4/c1-2-15-11(10(12,13)14)16-9(17-18-11)8-6-4-3-5-7-8/h8-9H,2-7H2,1H3. The molecule has 106 valence electrons. The normalized spacial score (nSPS) is 35.0. The first kappa shape index (κ1) is 15.1. The molecule has 0 aromatic carbocycles. The van der Waals surface area contributed by atoms with Gasteiger partial charge in [0.1, 0.15) is 0 Å². The third-order valence-electron chi connectivity index (χ3n) is 3.24. The molecular formula is C11H17Cl3O4. The van der Waals surface area contributed by atoms with Gasteiger partial charge in [0.05, 0.1) is 0 Å². The minimum absolute atomic E-state index is 0.258. The number of hydrogen-bond acceptors (Lipinski definition) is 4. The van der Waals surface area contributed by atoms with Crippen molar-refractivity contribution >= 4 is 34.8 Å². The van der Waals surface area contributed by atoms with Gasteiger partial charge in [0.15, 0.2) is 6.29 Å². The summed E-state index contributed by atoms with van der Waals surface area (Å²) in [6, 6.07) is 0. The van der Waals surface area contributed by atoms with Gasteiger partial charge < -0.3 is 4.74 Å². The monoisotopic (exact) mass is 318 g/mol. The lowest BCUT2D eigenvalue weighted by molar-refractivity contribution is -0.412. The highest BCUT2D eigenvalue weighted by atomic mass is 35.6. The van der Waals surface area contributed by atoms with Crippen LogP contribution in [0.25, 0.3) is 0 Å². The summed E-state index contributed by atoms with van der Waals surface area (Å²) in [5.74, 6) is -1.51. The van der Waals surface area contributed by atoms with Gasteiger partial charge in [0.2, 0.25) is 0 Å². The fourth-order valence-electron chi connectivity index (χ4n) is 2.33. The van der Waals surface area contributed by atoms with E-state index < -0.39 is 16.1 Å². The SMILES string of the molecule is CCOC1(C(Cl)(Cl)Cl)OOC(C2CCCCC2)O1. The lowest BCUT2D eigenvalue weighted by Gasteiger charge is -2.31. The molecule has 0 radical (unpaired) electrons. The van der Waals surface area contributed by atoms with Crippen LogP contribution < -0.4 is 0 Å². The van der Waals surface area contributed by atoms with Crippen molar-refractivity contribution in [3.05, 3.63) is 0 Å². The van der Waals surface area contributed by atoms with Crippen LogP contribution in [-0.2, 0) is 19.2 Å². The van der Waals surface area contributed by atoms with Crippen molar-refractivity contribution in [3.63, 3.8) is 0 Å². The molecule has 4 nitrogen and oxygen atoms in total. The summed E-state index contributed by atoms with van der Waals surface area (Å²) in [5.41, 5.74) is 0. The van der Waals surface area contributed by atoms with E-state index in [0.29, 0.717) is 0 Å². The molecule has 2 atom stereocenters. The molecule has 18 heavy (non-hydrogen) atoms. The molecule has 2 fully saturated rings. The molecule has 0 bridgehead atoms. The number of hydrogen-bond donors (Lipinski definition) is 0. The van der Waals surface area contributed by atoms with Crippen LogP contribution in [0.5, 0.6) is 0 Å². The molecule has 2 aliphatic rings. The topological polar surface area (TPSA) is 36.9 Å². The zero-order valence-electron chi connectivity index (χ0n) is 10.2. The van der Waals surface area contributed by atoms with Gasteiger partial charge in [-0.1, -0.05) is 54.1 Å². The summed E-state index contributed by atoms with van der Waals surface area (Å²) in [6.45, 7) is 2.05. The van der Waals surface area contributed by atoms with Crippen LogP contribution in [0.4, 0.5) is 0 Å². The second-order valence-electron chi connectivity index (χ2n) is 4.55. The number of ether oxygens (including phenoxy) is 2. The van der Waals surface area contributed by atoms with Crippen LogP contribution in [0, 0.1) is 5.92 Å². The van der Waals surface area contributed by atoms with E-state index in [1.165, 1.54) is 6.42 Å². The van der Waals surface area contributed by atoms with Crippen molar-refractivity contribution in [1.82, 2.24) is 0 Å². The lowest BCUT2D eigenvalue weighted by atomic mass is 9.89. The Balaban J connectivity index is 2.03. The molecule has 1 aliphatic heterocycles. The van der Waals surface area contributed by atoms with E-state index in [9.17, 15) is 0 Å². The van der Waals surface area contributed by atoms with Gasteiger partial charge in [-0.05, 0) is 19.8 Å². The molecular weight excluding hydrogens is 302 g/mol. The Labute approximate surface area is 122 Å². The average Bonchev–Trinajstić information content (AvgIpc) is 2.76. The second-order valence-corrected chi connectivity index (χ2v) is 6.83. The van der Waals surface area contributed by atoms with Crippen molar-refractivity contribution in [2.45, 2.75) is 55.1 Å². The van der Waals surface area contributed by atoms with Gasteiger partial charge in [-0.15, -0.1) is 0 Å². The molecule has 0 aromatic rings. The minimum Gasteiger partial charge on any atom is -0.322 e. The second kappa shape index (κ2) is 6.00. The largest absolute Gasteiger partial charge is 0.363 e. The van der Waals surface area contributed by atoms with Crippen LogP contribution in [0.1, 0.15) is 39.0 Å². The molecule has 1 saturated carbocycles. The van der Waals surface area contributed by atoms with E-state index in [1.54, 1.807) is 6.92 Å². The zero-order chi connectivity index (χ0) is 13.2. The summed E-state index contributed by atoms with van der Waals surface area (Å²) >= 11 is 17.6. The molecule has 0 spiro atoms. The predicted octanol–water partition coefficient (Wildman–Crippen LogP) is 3.93. The average molecular weight is 320 g/mol. The highest BCUT2D eigenvalue weighted by molar-refractivity contribution is 6.68. The van der Waals surface area contributed by atoms with Crippen LogP contribution in [0.2, 0.25) is 0 Å². The molecule has 2 unspecified atom stereocenters. The number of halogens is 3. The maximum absolute atomic E-state index is 5.86. The third-order valence-corrected chi connectivity index (χ3v) is 3.93. The quantitative estimate of drug-likeness (QED) is 0.583. The van der Waals surface area contributed by atoms with Crippen LogP contribution in [-0.4, -0.2) is 22.7 Å². The fourth-order valence-corrected chi connectivity index (χ4v) is 2.72. The maximum Gasteiger partial charge on any atom is 0.363 e. The maximum atomic E-state index is 5.86. The Kier molecular flexibility index (Phi) is 5.03. The molecule has 0 aromatic heterocycles. The number of rotatable bonds is 3. The lowest BCUT2D eigenvalue weighted by Crippen LogP contribution is -2.47. The summed E-state index contributed by atoms with van der Waals surface area (Å²) in [4.78, 5) is 10.3. The summed E-state index contributed by atoms with van der Waals surface area (Å²) in [6.07, 6.45) is 5.07. The molecule has 1 saturated heterocycles. The van der Waals surface area contributed by atoms with Gasteiger partial charge >= 0.3 is 5.97 Å². The van der Waals surface area contributed by atoms with Crippen LogP contribution in [0.15, 0.2) is 0 Å². The fraction of sp³-hybridized carbons (Fsp3) is 1.00. The highest BCUT2D eigenvalue weighted by Crippen LogP contribution is 2.48. The van der Waals surface area contributed by atoms with Gasteiger partial charge in [0, 0.05) is 12.5 Å². The van der Waals surface area contributed by atoms with Crippen molar-refractivity contribution in [2.24, 2.45) is 5.92 Å². The highest BCUT2D eigenvalue weighted by Gasteiger charge is 2.61. The van der Waals surface area contributed by atoms with Gasteiger partial charge in [0.25, 0.3) is 3.79 Å².